The molecule has 7 heteroatoms. The van der Waals surface area contributed by atoms with Crippen molar-refractivity contribution in [2.24, 2.45) is 0 Å². The molecule has 1 fully saturated rings. The van der Waals surface area contributed by atoms with Crippen LogP contribution in [0.1, 0.15) is 17.3 Å². The SMILES string of the molecule is CCS(=O)(=O)C1CN(C(=O)c2ccc(OC)cc2OC)C1. The molecule has 0 bridgehead atoms. The van der Waals surface area contributed by atoms with Crippen LogP contribution in [-0.4, -0.2) is 57.5 Å². The maximum Gasteiger partial charge on any atom is 0.257 e. The quantitative estimate of drug-likeness (QED) is 0.809. The Kier molecular flexibility index (Phi) is 4.41. The van der Waals surface area contributed by atoms with Crippen molar-refractivity contribution in [2.75, 3.05) is 33.1 Å². The van der Waals surface area contributed by atoms with Crippen molar-refractivity contribution in [1.82, 2.24) is 4.90 Å². The number of sulfone groups is 1. The Morgan fingerprint density at radius 1 is 1.29 bits per heavy atom. The molecule has 1 aromatic rings. The van der Waals surface area contributed by atoms with E-state index in [9.17, 15) is 13.2 Å². The molecule has 0 aromatic heterocycles. The Morgan fingerprint density at radius 3 is 2.48 bits per heavy atom. The third-order valence-electron chi connectivity index (χ3n) is 3.68. The summed E-state index contributed by atoms with van der Waals surface area (Å²) in [5.74, 6) is 0.891. The topological polar surface area (TPSA) is 72.9 Å². The van der Waals surface area contributed by atoms with Gasteiger partial charge in [-0.15, -0.1) is 0 Å². The smallest absolute Gasteiger partial charge is 0.257 e. The lowest BCUT2D eigenvalue weighted by molar-refractivity contribution is 0.0655. The highest BCUT2D eigenvalue weighted by Crippen LogP contribution is 2.28. The fourth-order valence-electron chi connectivity index (χ4n) is 2.21. The first-order valence-electron chi connectivity index (χ1n) is 6.65. The molecule has 1 aliphatic rings. The highest BCUT2D eigenvalue weighted by atomic mass is 32.2. The molecule has 21 heavy (non-hydrogen) atoms. The molecule has 1 amide bonds. The van der Waals surface area contributed by atoms with Gasteiger partial charge in [0.25, 0.3) is 5.91 Å². The Bertz CT molecular complexity index is 635. The van der Waals surface area contributed by atoms with Crippen molar-refractivity contribution >= 4 is 15.7 Å². The predicted molar refractivity (Wildman–Crippen MR) is 78.7 cm³/mol. The summed E-state index contributed by atoms with van der Waals surface area (Å²) in [6.45, 7) is 2.10. The molecule has 2 rings (SSSR count). The fourth-order valence-corrected chi connectivity index (χ4v) is 3.50. The minimum absolute atomic E-state index is 0.103. The lowest BCUT2D eigenvalue weighted by Crippen LogP contribution is -2.57. The van der Waals surface area contributed by atoms with Crippen LogP contribution in [0.3, 0.4) is 0 Å². The molecule has 0 unspecified atom stereocenters. The summed E-state index contributed by atoms with van der Waals surface area (Å²) >= 11 is 0. The number of carbonyl (C=O) groups excluding carboxylic acids is 1. The van der Waals surface area contributed by atoms with E-state index in [-0.39, 0.29) is 24.7 Å². The molecule has 1 aromatic carbocycles. The lowest BCUT2D eigenvalue weighted by atomic mass is 10.1. The second-order valence-electron chi connectivity index (χ2n) is 4.85. The Labute approximate surface area is 124 Å². The zero-order valence-corrected chi connectivity index (χ0v) is 13.1. The fraction of sp³-hybridized carbons (Fsp3) is 0.500. The van der Waals surface area contributed by atoms with E-state index in [0.29, 0.717) is 17.1 Å². The van der Waals surface area contributed by atoms with Gasteiger partial charge in [0.05, 0.1) is 25.0 Å². The van der Waals surface area contributed by atoms with Crippen molar-refractivity contribution < 1.29 is 22.7 Å². The summed E-state index contributed by atoms with van der Waals surface area (Å²) in [5, 5.41) is -0.448. The molecule has 116 valence electrons. The van der Waals surface area contributed by atoms with Crippen LogP contribution >= 0.6 is 0 Å². The number of hydrogen-bond donors (Lipinski definition) is 0. The zero-order chi connectivity index (χ0) is 15.6. The Morgan fingerprint density at radius 2 is 1.95 bits per heavy atom. The van der Waals surface area contributed by atoms with E-state index >= 15 is 0 Å². The summed E-state index contributed by atoms with van der Waals surface area (Å²) in [6, 6.07) is 4.94. The van der Waals surface area contributed by atoms with Gasteiger partial charge in [-0.3, -0.25) is 4.79 Å². The van der Waals surface area contributed by atoms with E-state index in [0.717, 1.165) is 0 Å². The summed E-state index contributed by atoms with van der Waals surface area (Å²) < 4.78 is 33.7. The van der Waals surface area contributed by atoms with Gasteiger partial charge in [0.15, 0.2) is 9.84 Å². The summed E-state index contributed by atoms with van der Waals surface area (Å²) in [7, 11) is -0.0698. The van der Waals surface area contributed by atoms with Gasteiger partial charge in [0.2, 0.25) is 0 Å². The van der Waals surface area contributed by atoms with Gasteiger partial charge < -0.3 is 14.4 Å². The van der Waals surface area contributed by atoms with Crippen molar-refractivity contribution in [3.8, 4) is 11.5 Å². The van der Waals surface area contributed by atoms with E-state index < -0.39 is 15.1 Å². The monoisotopic (exact) mass is 313 g/mol. The maximum atomic E-state index is 12.4. The van der Waals surface area contributed by atoms with Gasteiger partial charge >= 0.3 is 0 Å². The molecule has 1 saturated heterocycles. The number of ether oxygens (including phenoxy) is 2. The standard InChI is InChI=1S/C14H19NO5S/c1-4-21(17,18)11-8-15(9-11)14(16)12-6-5-10(19-2)7-13(12)20-3/h5-7,11H,4,8-9H2,1-3H3. The number of rotatable bonds is 5. The summed E-state index contributed by atoms with van der Waals surface area (Å²) in [5.41, 5.74) is 0.408. The highest BCUT2D eigenvalue weighted by molar-refractivity contribution is 7.92. The first-order valence-corrected chi connectivity index (χ1v) is 8.37. The van der Waals surface area contributed by atoms with Crippen LogP contribution in [0.2, 0.25) is 0 Å². The van der Waals surface area contributed by atoms with E-state index in [4.69, 9.17) is 9.47 Å². The molecule has 0 aliphatic carbocycles. The normalized spacial score (nSPS) is 15.5. The van der Waals surface area contributed by atoms with E-state index in [1.54, 1.807) is 25.1 Å². The van der Waals surface area contributed by atoms with Crippen LogP contribution in [-0.2, 0) is 9.84 Å². The van der Waals surface area contributed by atoms with Crippen molar-refractivity contribution in [3.63, 3.8) is 0 Å². The number of nitrogens with zero attached hydrogens (tertiary/aromatic N) is 1. The molecule has 1 heterocycles. The van der Waals surface area contributed by atoms with Crippen LogP contribution in [0.25, 0.3) is 0 Å². The van der Waals surface area contributed by atoms with E-state index in [1.807, 2.05) is 0 Å². The highest BCUT2D eigenvalue weighted by Gasteiger charge is 2.39. The molecule has 0 N–H and O–H groups in total. The summed E-state index contributed by atoms with van der Waals surface area (Å²) in [6.07, 6.45) is 0. The molecule has 0 radical (unpaired) electrons. The Balaban J connectivity index is 2.13. The van der Waals surface area contributed by atoms with Gasteiger partial charge in [-0.1, -0.05) is 6.92 Å². The van der Waals surface area contributed by atoms with Crippen LogP contribution in [0.5, 0.6) is 11.5 Å². The third-order valence-corrected chi connectivity index (χ3v) is 5.80. The van der Waals surface area contributed by atoms with Crippen molar-refractivity contribution in [2.45, 2.75) is 12.2 Å². The van der Waals surface area contributed by atoms with Gasteiger partial charge in [-0.05, 0) is 12.1 Å². The minimum atomic E-state index is -3.08. The van der Waals surface area contributed by atoms with Crippen molar-refractivity contribution in [3.05, 3.63) is 23.8 Å². The van der Waals surface area contributed by atoms with Gasteiger partial charge in [-0.25, -0.2) is 8.42 Å². The average Bonchev–Trinajstić information content (AvgIpc) is 2.44. The second-order valence-corrected chi connectivity index (χ2v) is 7.42. The van der Waals surface area contributed by atoms with Crippen molar-refractivity contribution in [1.29, 1.82) is 0 Å². The summed E-state index contributed by atoms with van der Waals surface area (Å²) in [4.78, 5) is 13.9. The molecule has 0 saturated carbocycles. The zero-order valence-electron chi connectivity index (χ0n) is 12.3. The first-order chi connectivity index (χ1) is 9.92. The number of benzene rings is 1. The van der Waals surface area contributed by atoms with Crippen LogP contribution < -0.4 is 9.47 Å². The number of amides is 1. The van der Waals surface area contributed by atoms with Gasteiger partial charge in [0, 0.05) is 24.9 Å². The molecular formula is C14H19NO5S. The van der Waals surface area contributed by atoms with Crippen LogP contribution in [0, 0.1) is 0 Å². The van der Waals surface area contributed by atoms with Gasteiger partial charge in [0.1, 0.15) is 11.5 Å². The largest absolute Gasteiger partial charge is 0.497 e. The molecular weight excluding hydrogens is 294 g/mol. The maximum absolute atomic E-state index is 12.4. The molecule has 1 aliphatic heterocycles. The van der Waals surface area contributed by atoms with Crippen LogP contribution in [0.4, 0.5) is 0 Å². The lowest BCUT2D eigenvalue weighted by Gasteiger charge is -2.38. The minimum Gasteiger partial charge on any atom is -0.497 e. The number of likely N-dealkylation sites (tertiary alicyclic amines) is 1. The number of carbonyl (C=O) groups is 1. The Hall–Kier alpha value is -1.76. The molecule has 0 atom stereocenters. The first kappa shape index (κ1) is 15.6. The number of methoxy groups -OCH3 is 2. The average molecular weight is 313 g/mol. The van der Waals surface area contributed by atoms with E-state index in [1.165, 1.54) is 19.1 Å². The van der Waals surface area contributed by atoms with Crippen LogP contribution in [0.15, 0.2) is 18.2 Å². The second kappa shape index (κ2) is 5.93. The molecule has 6 nitrogen and oxygen atoms in total. The third kappa shape index (κ3) is 2.97. The number of hydrogen-bond acceptors (Lipinski definition) is 5. The predicted octanol–water partition coefficient (Wildman–Crippen LogP) is 0.963. The molecule has 0 spiro atoms. The van der Waals surface area contributed by atoms with E-state index in [2.05, 4.69) is 0 Å². The van der Waals surface area contributed by atoms with Gasteiger partial charge in [-0.2, -0.15) is 0 Å².